The molecule has 7 heteroatoms. The molecule has 0 radical (unpaired) electrons. The van der Waals surface area contributed by atoms with Crippen molar-refractivity contribution in [3.05, 3.63) is 72.4 Å². The summed E-state index contributed by atoms with van der Waals surface area (Å²) in [4.78, 5) is 17.8. The van der Waals surface area contributed by atoms with Crippen molar-refractivity contribution in [3.63, 3.8) is 0 Å². The second-order valence-electron chi connectivity index (χ2n) is 6.32. The average Bonchev–Trinajstić information content (AvgIpc) is 2.96. The summed E-state index contributed by atoms with van der Waals surface area (Å²) in [5.74, 6) is -0.0480. The molecule has 136 valence electrons. The SMILES string of the molecule is CN1C(=O)Cc2cc(S(=O)(=O)Nc3ccc(-c4ccccc4)nc3)ccc21. The van der Waals surface area contributed by atoms with E-state index < -0.39 is 10.0 Å². The number of carbonyl (C=O) groups is 1. The van der Waals surface area contributed by atoms with Crippen molar-refractivity contribution in [2.45, 2.75) is 11.3 Å². The van der Waals surface area contributed by atoms with Crippen molar-refractivity contribution in [2.75, 3.05) is 16.7 Å². The zero-order chi connectivity index (χ0) is 19.0. The molecule has 1 aliphatic heterocycles. The molecule has 0 unspecified atom stereocenters. The lowest BCUT2D eigenvalue weighted by Gasteiger charge is -2.12. The second-order valence-corrected chi connectivity index (χ2v) is 8.01. The molecule has 0 atom stereocenters. The molecule has 6 nitrogen and oxygen atoms in total. The fourth-order valence-corrected chi connectivity index (χ4v) is 4.16. The highest BCUT2D eigenvalue weighted by Gasteiger charge is 2.26. The van der Waals surface area contributed by atoms with Gasteiger partial charge in [0, 0.05) is 18.3 Å². The summed E-state index contributed by atoms with van der Waals surface area (Å²) >= 11 is 0. The third kappa shape index (κ3) is 3.29. The Bertz CT molecular complexity index is 1110. The number of amides is 1. The van der Waals surface area contributed by atoms with Gasteiger partial charge in [-0.1, -0.05) is 30.3 Å². The van der Waals surface area contributed by atoms with E-state index in [0.717, 1.165) is 16.9 Å². The molecule has 0 saturated carbocycles. The molecule has 2 aromatic carbocycles. The zero-order valence-corrected chi connectivity index (χ0v) is 15.4. The molecular weight excluding hydrogens is 362 g/mol. The highest BCUT2D eigenvalue weighted by Crippen LogP contribution is 2.30. The summed E-state index contributed by atoms with van der Waals surface area (Å²) in [7, 11) is -2.09. The summed E-state index contributed by atoms with van der Waals surface area (Å²) in [6.45, 7) is 0. The number of rotatable bonds is 4. The summed E-state index contributed by atoms with van der Waals surface area (Å²) in [6.07, 6.45) is 1.70. The number of anilines is 2. The van der Waals surface area contributed by atoms with Gasteiger partial charge in [-0.15, -0.1) is 0 Å². The summed E-state index contributed by atoms with van der Waals surface area (Å²) in [6, 6.07) is 17.8. The Morgan fingerprint density at radius 2 is 1.81 bits per heavy atom. The first-order chi connectivity index (χ1) is 12.9. The van der Waals surface area contributed by atoms with E-state index in [1.807, 2.05) is 30.3 Å². The van der Waals surface area contributed by atoms with Gasteiger partial charge in [0.25, 0.3) is 10.0 Å². The van der Waals surface area contributed by atoms with E-state index in [1.165, 1.54) is 17.2 Å². The maximum Gasteiger partial charge on any atom is 0.261 e. The summed E-state index contributed by atoms with van der Waals surface area (Å²) in [5, 5.41) is 0. The predicted molar refractivity (Wildman–Crippen MR) is 104 cm³/mol. The standard InChI is InChI=1S/C20H17N3O3S/c1-23-19-10-8-17(11-15(19)12-20(23)24)27(25,26)22-16-7-9-18(21-13-16)14-5-3-2-4-6-14/h2-11,13,22H,12H2,1H3. The Balaban J connectivity index is 1.57. The fraction of sp³-hybridized carbons (Fsp3) is 0.100. The number of fused-ring (bicyclic) bond motifs is 1. The molecule has 0 aliphatic carbocycles. The van der Waals surface area contributed by atoms with E-state index >= 15 is 0 Å². The zero-order valence-electron chi connectivity index (χ0n) is 14.6. The van der Waals surface area contributed by atoms with Crippen LogP contribution in [0.4, 0.5) is 11.4 Å². The first-order valence-electron chi connectivity index (χ1n) is 8.38. The van der Waals surface area contributed by atoms with Crippen LogP contribution in [0.5, 0.6) is 0 Å². The molecule has 0 saturated heterocycles. The van der Waals surface area contributed by atoms with Gasteiger partial charge in [0.1, 0.15) is 0 Å². The van der Waals surface area contributed by atoms with E-state index in [0.29, 0.717) is 11.3 Å². The van der Waals surface area contributed by atoms with Crippen molar-refractivity contribution in [1.29, 1.82) is 0 Å². The number of hydrogen-bond donors (Lipinski definition) is 1. The lowest BCUT2D eigenvalue weighted by molar-refractivity contribution is -0.117. The Labute approximate surface area is 157 Å². The van der Waals surface area contributed by atoms with Gasteiger partial charge >= 0.3 is 0 Å². The van der Waals surface area contributed by atoms with E-state index in [4.69, 9.17) is 0 Å². The average molecular weight is 379 g/mol. The number of nitrogens with zero attached hydrogens (tertiary/aromatic N) is 2. The van der Waals surface area contributed by atoms with Crippen LogP contribution in [0.2, 0.25) is 0 Å². The van der Waals surface area contributed by atoms with Gasteiger partial charge in [0.15, 0.2) is 0 Å². The molecule has 3 aromatic rings. The van der Waals surface area contributed by atoms with Crippen LogP contribution in [0.15, 0.2) is 71.8 Å². The lowest BCUT2D eigenvalue weighted by atomic mass is 10.1. The largest absolute Gasteiger partial charge is 0.315 e. The number of pyridine rings is 1. The van der Waals surface area contributed by atoms with Crippen molar-refractivity contribution < 1.29 is 13.2 Å². The van der Waals surface area contributed by atoms with Gasteiger partial charge in [-0.05, 0) is 35.9 Å². The van der Waals surface area contributed by atoms with Crippen LogP contribution in [0.25, 0.3) is 11.3 Å². The highest BCUT2D eigenvalue weighted by atomic mass is 32.2. The Kier molecular flexibility index (Phi) is 4.16. The molecule has 1 aromatic heterocycles. The summed E-state index contributed by atoms with van der Waals surface area (Å²) in [5.41, 5.74) is 3.55. The third-order valence-corrected chi connectivity index (χ3v) is 5.90. The first kappa shape index (κ1) is 17.2. The minimum absolute atomic E-state index is 0.0480. The minimum Gasteiger partial charge on any atom is -0.315 e. The van der Waals surface area contributed by atoms with Gasteiger partial charge < -0.3 is 4.90 Å². The van der Waals surface area contributed by atoms with Gasteiger partial charge in [-0.3, -0.25) is 14.5 Å². The number of benzene rings is 2. The van der Waals surface area contributed by atoms with Crippen LogP contribution in [0.1, 0.15) is 5.56 Å². The molecule has 4 rings (SSSR count). The lowest BCUT2D eigenvalue weighted by Crippen LogP contribution is -2.20. The number of sulfonamides is 1. The molecule has 0 spiro atoms. The quantitative estimate of drug-likeness (QED) is 0.756. The maximum atomic E-state index is 12.7. The van der Waals surface area contributed by atoms with Crippen molar-refractivity contribution >= 4 is 27.3 Å². The molecule has 0 fully saturated rings. The molecule has 2 heterocycles. The predicted octanol–water partition coefficient (Wildman–Crippen LogP) is 3.07. The van der Waals surface area contributed by atoms with Crippen LogP contribution < -0.4 is 9.62 Å². The molecule has 1 amide bonds. The molecule has 1 aliphatic rings. The van der Waals surface area contributed by atoms with Crippen LogP contribution in [-0.2, 0) is 21.2 Å². The first-order valence-corrected chi connectivity index (χ1v) is 9.86. The van der Waals surface area contributed by atoms with Crippen LogP contribution in [0, 0.1) is 0 Å². The van der Waals surface area contributed by atoms with Crippen molar-refractivity contribution in [2.24, 2.45) is 0 Å². The van der Waals surface area contributed by atoms with Crippen LogP contribution >= 0.6 is 0 Å². The van der Waals surface area contributed by atoms with E-state index in [1.54, 1.807) is 31.3 Å². The molecule has 0 bridgehead atoms. The monoisotopic (exact) mass is 379 g/mol. The number of hydrogen-bond acceptors (Lipinski definition) is 4. The smallest absolute Gasteiger partial charge is 0.261 e. The summed E-state index contributed by atoms with van der Waals surface area (Å²) < 4.78 is 27.9. The molecule has 1 N–H and O–H groups in total. The van der Waals surface area contributed by atoms with Gasteiger partial charge in [-0.25, -0.2) is 8.42 Å². The van der Waals surface area contributed by atoms with E-state index in [9.17, 15) is 13.2 Å². The van der Waals surface area contributed by atoms with Crippen molar-refractivity contribution in [3.8, 4) is 11.3 Å². The second kappa shape index (κ2) is 6.51. The topological polar surface area (TPSA) is 79.4 Å². The fourth-order valence-electron chi connectivity index (χ4n) is 3.06. The van der Waals surface area contributed by atoms with Gasteiger partial charge in [0.2, 0.25) is 5.91 Å². The van der Waals surface area contributed by atoms with Crippen molar-refractivity contribution in [1.82, 2.24) is 4.98 Å². The minimum atomic E-state index is -3.77. The molecule has 27 heavy (non-hydrogen) atoms. The van der Waals surface area contributed by atoms with E-state index in [2.05, 4.69) is 9.71 Å². The normalized spacial score (nSPS) is 13.5. The van der Waals surface area contributed by atoms with E-state index in [-0.39, 0.29) is 17.2 Å². The van der Waals surface area contributed by atoms with Crippen LogP contribution in [0.3, 0.4) is 0 Å². The van der Waals surface area contributed by atoms with Crippen LogP contribution in [-0.4, -0.2) is 26.4 Å². The van der Waals surface area contributed by atoms with Gasteiger partial charge in [0.05, 0.1) is 28.9 Å². The maximum absolute atomic E-state index is 12.7. The number of aromatic nitrogens is 1. The molecular formula is C20H17N3O3S. The number of likely N-dealkylation sites (N-methyl/N-ethyl adjacent to an activating group) is 1. The number of carbonyl (C=O) groups excluding carboxylic acids is 1. The Morgan fingerprint density at radius 3 is 2.52 bits per heavy atom. The highest BCUT2D eigenvalue weighted by molar-refractivity contribution is 7.92. The van der Waals surface area contributed by atoms with Gasteiger partial charge in [-0.2, -0.15) is 0 Å². The third-order valence-electron chi connectivity index (χ3n) is 4.52. The Hall–Kier alpha value is -3.19. The number of nitrogens with one attached hydrogen (secondary N) is 1. The Morgan fingerprint density at radius 1 is 1.04 bits per heavy atom.